The molecule has 34 heavy (non-hydrogen) atoms. The molecule has 5 heterocycles. The summed E-state index contributed by atoms with van der Waals surface area (Å²) in [4.78, 5) is 36.5. The van der Waals surface area contributed by atoms with Gasteiger partial charge < -0.3 is 9.30 Å². The van der Waals surface area contributed by atoms with E-state index in [4.69, 9.17) is 4.74 Å². The smallest absolute Gasteiger partial charge is 0.282 e. The molecule has 1 aliphatic rings. The summed E-state index contributed by atoms with van der Waals surface area (Å²) in [6.07, 6.45) is 3.89. The molecule has 4 aromatic heterocycles. The largest absolute Gasteiger partial charge is 0.376 e. The topological polar surface area (TPSA) is 94.8 Å². The van der Waals surface area contributed by atoms with Crippen molar-refractivity contribution in [3.8, 4) is 5.13 Å². The first-order chi connectivity index (χ1) is 16.6. The normalized spacial score (nSPS) is 16.1. The molecular formula is C25H23N5O3S. The fraction of sp³-hybridized carbons (Fsp3) is 0.280. The zero-order valence-corrected chi connectivity index (χ0v) is 19.5. The van der Waals surface area contributed by atoms with Gasteiger partial charge in [-0.25, -0.2) is 4.98 Å². The van der Waals surface area contributed by atoms with Crippen LogP contribution in [-0.2, 0) is 17.7 Å². The Morgan fingerprint density at radius 2 is 2.00 bits per heavy atom. The zero-order chi connectivity index (χ0) is 23.2. The summed E-state index contributed by atoms with van der Waals surface area (Å²) in [7, 11) is 0. The first kappa shape index (κ1) is 21.0. The van der Waals surface area contributed by atoms with Crippen molar-refractivity contribution >= 4 is 32.5 Å². The molecule has 1 unspecified atom stereocenters. The average Bonchev–Trinajstić information content (AvgIpc) is 3.59. The highest BCUT2D eigenvalue weighted by atomic mass is 32.1. The van der Waals surface area contributed by atoms with Gasteiger partial charge in [-0.1, -0.05) is 29.5 Å². The van der Waals surface area contributed by atoms with Gasteiger partial charge in [0.15, 0.2) is 0 Å². The summed E-state index contributed by atoms with van der Waals surface area (Å²) in [5.41, 5.74) is 2.97. The maximum Gasteiger partial charge on any atom is 0.282 e. The lowest BCUT2D eigenvalue weighted by atomic mass is 10.1. The van der Waals surface area contributed by atoms with Gasteiger partial charge >= 0.3 is 0 Å². The van der Waals surface area contributed by atoms with Crippen LogP contribution in [0.3, 0.4) is 0 Å². The summed E-state index contributed by atoms with van der Waals surface area (Å²) in [6.45, 7) is 2.97. The van der Waals surface area contributed by atoms with Crippen molar-refractivity contribution in [3.05, 3.63) is 86.3 Å². The molecule has 1 aliphatic heterocycles. The number of nitrogens with zero attached hydrogens (tertiary/aromatic N) is 4. The van der Waals surface area contributed by atoms with Gasteiger partial charge in [-0.05, 0) is 44.0 Å². The lowest BCUT2D eigenvalue weighted by Crippen LogP contribution is -2.31. The summed E-state index contributed by atoms with van der Waals surface area (Å²) < 4.78 is 9.96. The Hall–Kier alpha value is -3.56. The van der Waals surface area contributed by atoms with Crippen molar-refractivity contribution in [2.45, 2.75) is 38.8 Å². The lowest BCUT2D eigenvalue weighted by Gasteiger charge is -2.17. The van der Waals surface area contributed by atoms with Crippen molar-refractivity contribution in [2.75, 3.05) is 6.61 Å². The van der Waals surface area contributed by atoms with E-state index in [1.54, 1.807) is 10.8 Å². The van der Waals surface area contributed by atoms with E-state index < -0.39 is 0 Å². The van der Waals surface area contributed by atoms with E-state index in [1.165, 1.54) is 16.0 Å². The maximum atomic E-state index is 13.7. The summed E-state index contributed by atoms with van der Waals surface area (Å²) in [5.74, 6) is 0. The fourth-order valence-corrected chi connectivity index (χ4v) is 5.62. The van der Waals surface area contributed by atoms with Crippen LogP contribution in [-0.4, -0.2) is 37.0 Å². The first-order valence-electron chi connectivity index (χ1n) is 11.3. The SMILES string of the molecule is Cc1c2c(=O)n(-c3nc4ccccc4s3)[nH]c2c(Cc2ccccn2)c(=O)n1CC1CCCO1. The van der Waals surface area contributed by atoms with E-state index >= 15 is 0 Å². The van der Waals surface area contributed by atoms with E-state index in [-0.39, 0.29) is 17.2 Å². The highest BCUT2D eigenvalue weighted by Gasteiger charge is 2.25. The number of rotatable bonds is 5. The Morgan fingerprint density at radius 3 is 2.76 bits per heavy atom. The number of H-pyrrole nitrogens is 1. The van der Waals surface area contributed by atoms with Crippen LogP contribution in [0.25, 0.3) is 26.3 Å². The van der Waals surface area contributed by atoms with Crippen molar-refractivity contribution < 1.29 is 4.74 Å². The molecule has 9 heteroatoms. The molecule has 0 saturated carbocycles. The van der Waals surface area contributed by atoms with Gasteiger partial charge in [-0.3, -0.25) is 19.7 Å². The van der Waals surface area contributed by atoms with Crippen LogP contribution < -0.4 is 11.1 Å². The molecule has 0 aliphatic carbocycles. The van der Waals surface area contributed by atoms with Crippen molar-refractivity contribution in [3.63, 3.8) is 0 Å². The van der Waals surface area contributed by atoms with E-state index in [2.05, 4.69) is 15.1 Å². The van der Waals surface area contributed by atoms with Gasteiger partial charge in [0.1, 0.15) is 0 Å². The Morgan fingerprint density at radius 1 is 1.15 bits per heavy atom. The predicted octanol–water partition coefficient (Wildman–Crippen LogP) is 3.56. The molecule has 0 radical (unpaired) electrons. The number of para-hydroxylation sites is 1. The molecular weight excluding hydrogens is 450 g/mol. The third-order valence-corrected chi connectivity index (χ3v) is 7.45. The molecule has 1 saturated heterocycles. The van der Waals surface area contributed by atoms with E-state index in [1.807, 2.05) is 49.4 Å². The van der Waals surface area contributed by atoms with Gasteiger partial charge in [-0.15, -0.1) is 0 Å². The Kier molecular flexibility index (Phi) is 5.15. The number of pyridine rings is 2. The monoisotopic (exact) mass is 473 g/mol. The minimum Gasteiger partial charge on any atom is -0.376 e. The molecule has 1 atom stereocenters. The predicted molar refractivity (Wildman–Crippen MR) is 132 cm³/mol. The van der Waals surface area contributed by atoms with Gasteiger partial charge in [-0.2, -0.15) is 4.68 Å². The number of fused-ring (bicyclic) bond motifs is 2. The van der Waals surface area contributed by atoms with Crippen LogP contribution in [0.5, 0.6) is 0 Å². The number of ether oxygens (including phenoxy) is 1. The highest BCUT2D eigenvalue weighted by Crippen LogP contribution is 2.26. The van der Waals surface area contributed by atoms with Crippen molar-refractivity contribution in [1.82, 2.24) is 24.3 Å². The summed E-state index contributed by atoms with van der Waals surface area (Å²) >= 11 is 1.43. The maximum absolute atomic E-state index is 13.7. The number of thiazole rings is 1. The molecule has 0 spiro atoms. The van der Waals surface area contributed by atoms with Crippen LogP contribution in [0.4, 0.5) is 0 Å². The molecule has 1 fully saturated rings. The molecule has 0 amide bonds. The van der Waals surface area contributed by atoms with Gasteiger partial charge in [0.05, 0.1) is 33.8 Å². The second-order valence-electron chi connectivity index (χ2n) is 8.58. The molecule has 0 bridgehead atoms. The van der Waals surface area contributed by atoms with Gasteiger partial charge in [0, 0.05) is 36.2 Å². The quantitative estimate of drug-likeness (QED) is 0.421. The first-order valence-corrected chi connectivity index (χ1v) is 12.2. The molecule has 1 N–H and O–H groups in total. The van der Waals surface area contributed by atoms with Crippen LogP contribution >= 0.6 is 11.3 Å². The van der Waals surface area contributed by atoms with E-state index in [9.17, 15) is 9.59 Å². The Labute approximate surface area is 198 Å². The number of benzene rings is 1. The van der Waals surface area contributed by atoms with Gasteiger partial charge in [0.25, 0.3) is 11.1 Å². The molecule has 1 aromatic carbocycles. The van der Waals surface area contributed by atoms with E-state index in [0.29, 0.717) is 46.9 Å². The number of aryl methyl sites for hydroxylation is 1. The number of hydrogen-bond acceptors (Lipinski definition) is 6. The zero-order valence-electron chi connectivity index (χ0n) is 18.7. The molecule has 8 nitrogen and oxygen atoms in total. The third kappa shape index (κ3) is 3.48. The standard InChI is InChI=1S/C25H23N5O3S/c1-15-21-22(28-30(24(21)32)25-27-19-9-2-3-10-20(19)34-25)18(13-16-7-4-5-11-26-16)23(31)29(15)14-17-8-6-12-33-17/h2-5,7,9-11,17,28H,6,8,12-14H2,1H3. The van der Waals surface area contributed by atoms with E-state index in [0.717, 1.165) is 28.8 Å². The fourth-order valence-electron chi connectivity index (χ4n) is 4.70. The van der Waals surface area contributed by atoms with Crippen molar-refractivity contribution in [1.29, 1.82) is 0 Å². The van der Waals surface area contributed by atoms with Crippen LogP contribution in [0, 0.1) is 6.92 Å². The number of hydrogen-bond donors (Lipinski definition) is 1. The second-order valence-corrected chi connectivity index (χ2v) is 9.59. The van der Waals surface area contributed by atoms with Gasteiger partial charge in [0.2, 0.25) is 5.13 Å². The number of nitrogens with one attached hydrogen (secondary N) is 1. The molecule has 5 aromatic rings. The summed E-state index contributed by atoms with van der Waals surface area (Å²) in [6, 6.07) is 13.4. The second kappa shape index (κ2) is 8.34. The summed E-state index contributed by atoms with van der Waals surface area (Å²) in [5, 5.41) is 4.26. The van der Waals surface area contributed by atoms with Crippen LogP contribution in [0.1, 0.15) is 29.8 Å². The molecule has 172 valence electrons. The highest BCUT2D eigenvalue weighted by molar-refractivity contribution is 7.20. The Balaban J connectivity index is 1.58. The minimum absolute atomic E-state index is 0.0259. The van der Waals surface area contributed by atoms with Crippen LogP contribution in [0.2, 0.25) is 0 Å². The molecule has 6 rings (SSSR count). The number of aromatic amines is 1. The Bertz CT molecular complexity index is 1590. The van der Waals surface area contributed by atoms with Crippen LogP contribution in [0.15, 0.2) is 58.3 Å². The minimum atomic E-state index is -0.213. The average molecular weight is 474 g/mol. The third-order valence-electron chi connectivity index (χ3n) is 6.43. The lowest BCUT2D eigenvalue weighted by molar-refractivity contribution is 0.0957. The number of aromatic nitrogens is 5. The van der Waals surface area contributed by atoms with Crippen molar-refractivity contribution in [2.24, 2.45) is 0 Å².